The molecule has 0 bridgehead atoms. The molecule has 0 heterocycles. The van der Waals surface area contributed by atoms with Crippen molar-refractivity contribution in [2.75, 3.05) is 0 Å². The van der Waals surface area contributed by atoms with Crippen LogP contribution in [0.5, 0.6) is 0 Å². The first kappa shape index (κ1) is 25.9. The van der Waals surface area contributed by atoms with Crippen molar-refractivity contribution >= 4 is 29.3 Å². The van der Waals surface area contributed by atoms with E-state index >= 15 is 0 Å². The molecule has 3 amide bonds. The topological polar surface area (TPSA) is 128 Å². The van der Waals surface area contributed by atoms with Gasteiger partial charge in [0.2, 0.25) is 11.8 Å². The summed E-state index contributed by atoms with van der Waals surface area (Å²) < 4.78 is 0. The number of hydrogen-bond acceptors (Lipinski definition) is 5. The number of carbonyl (C=O) groups excluding carboxylic acids is 3. The molecule has 0 radical (unpaired) electrons. The van der Waals surface area contributed by atoms with Gasteiger partial charge in [-0.25, -0.2) is 5.48 Å². The van der Waals surface area contributed by atoms with Crippen molar-refractivity contribution in [1.29, 1.82) is 0 Å². The predicted molar refractivity (Wildman–Crippen MR) is 114 cm³/mol. The van der Waals surface area contributed by atoms with Crippen LogP contribution in [0, 0.1) is 5.92 Å². The Kier molecular flexibility index (Phi) is 10.2. The van der Waals surface area contributed by atoms with Crippen LogP contribution < -0.4 is 16.1 Å². The van der Waals surface area contributed by atoms with Crippen molar-refractivity contribution in [3.8, 4) is 0 Å². The number of hydrogen-bond donors (Lipinski definition) is 5. The van der Waals surface area contributed by atoms with Gasteiger partial charge >= 0.3 is 0 Å². The summed E-state index contributed by atoms with van der Waals surface area (Å²) in [5, 5.41) is 24.0. The van der Waals surface area contributed by atoms with Crippen molar-refractivity contribution in [3.63, 3.8) is 0 Å². The Bertz CT molecular complexity index is 718. The van der Waals surface area contributed by atoms with E-state index in [0.29, 0.717) is 10.9 Å². The number of hydroxylamine groups is 1. The van der Waals surface area contributed by atoms with Crippen molar-refractivity contribution in [1.82, 2.24) is 16.1 Å². The van der Waals surface area contributed by atoms with Crippen LogP contribution >= 0.6 is 11.6 Å². The fourth-order valence-electron chi connectivity index (χ4n) is 3.57. The number of nitrogens with one attached hydrogen (secondary N) is 3. The number of benzene rings is 1. The Labute approximate surface area is 182 Å². The summed E-state index contributed by atoms with van der Waals surface area (Å²) in [6, 6.07) is 5.56. The fourth-order valence-corrected chi connectivity index (χ4v) is 3.70. The van der Waals surface area contributed by atoms with E-state index in [2.05, 4.69) is 10.6 Å². The van der Waals surface area contributed by atoms with Gasteiger partial charge in [-0.2, -0.15) is 0 Å². The summed E-state index contributed by atoms with van der Waals surface area (Å²) in [5.74, 6) is -1.56. The van der Waals surface area contributed by atoms with E-state index in [9.17, 15) is 19.5 Å². The molecule has 0 aromatic heterocycles. The quantitative estimate of drug-likeness (QED) is 0.327. The van der Waals surface area contributed by atoms with Gasteiger partial charge in [0.25, 0.3) is 5.91 Å². The average molecular weight is 442 g/mol. The first-order chi connectivity index (χ1) is 13.7. The molecule has 9 heteroatoms. The maximum atomic E-state index is 12.5. The van der Waals surface area contributed by atoms with E-state index in [4.69, 9.17) is 16.8 Å². The highest BCUT2D eigenvalue weighted by Gasteiger charge is 2.31. The Morgan fingerprint density at radius 2 is 1.57 bits per heavy atom. The monoisotopic (exact) mass is 441 g/mol. The van der Waals surface area contributed by atoms with E-state index < -0.39 is 30.0 Å². The molecule has 1 aromatic carbocycles. The number of aliphatic hydroxyl groups is 1. The van der Waals surface area contributed by atoms with E-state index in [0.717, 1.165) is 25.7 Å². The lowest BCUT2D eigenvalue weighted by molar-refractivity contribution is -0.138. The van der Waals surface area contributed by atoms with Gasteiger partial charge in [-0.1, -0.05) is 31.2 Å². The molecule has 8 nitrogen and oxygen atoms in total. The minimum absolute atomic E-state index is 0. The second-order valence-electron chi connectivity index (χ2n) is 7.53. The fraction of sp³-hybridized carbons (Fsp3) is 0.571. The summed E-state index contributed by atoms with van der Waals surface area (Å²) >= 11 is 5.93. The maximum absolute atomic E-state index is 12.5. The number of rotatable bonds is 7. The van der Waals surface area contributed by atoms with Crippen LogP contribution in [-0.4, -0.2) is 46.2 Å². The molecule has 2 rings (SSSR count). The van der Waals surface area contributed by atoms with Gasteiger partial charge < -0.3 is 15.7 Å². The van der Waals surface area contributed by atoms with Gasteiger partial charge in [0.05, 0.1) is 6.10 Å². The minimum atomic E-state index is -1.32. The summed E-state index contributed by atoms with van der Waals surface area (Å²) in [7, 11) is 0. The largest absolute Gasteiger partial charge is 0.391 e. The third-order valence-corrected chi connectivity index (χ3v) is 5.62. The van der Waals surface area contributed by atoms with Crippen LogP contribution in [0.4, 0.5) is 0 Å². The van der Waals surface area contributed by atoms with Gasteiger partial charge in [0.15, 0.2) is 0 Å². The predicted octanol–water partition coefficient (Wildman–Crippen LogP) is 2.13. The molecule has 1 aliphatic rings. The third kappa shape index (κ3) is 6.97. The number of amides is 3. The molecule has 0 unspecified atom stereocenters. The molecule has 0 spiro atoms. The first-order valence-corrected chi connectivity index (χ1v) is 10.1. The molecule has 0 aliphatic heterocycles. The van der Waals surface area contributed by atoms with Crippen molar-refractivity contribution in [3.05, 3.63) is 34.9 Å². The highest BCUT2D eigenvalue weighted by molar-refractivity contribution is 6.30. The number of halogens is 1. The lowest BCUT2D eigenvalue weighted by Gasteiger charge is -2.29. The van der Waals surface area contributed by atoms with E-state index in [1.807, 2.05) is 24.3 Å². The van der Waals surface area contributed by atoms with Crippen LogP contribution in [0.2, 0.25) is 5.02 Å². The summed E-state index contributed by atoms with van der Waals surface area (Å²) in [5.41, 5.74) is 2.61. The molecule has 1 aliphatic carbocycles. The van der Waals surface area contributed by atoms with Gasteiger partial charge in [-0.15, -0.1) is 0 Å². The van der Waals surface area contributed by atoms with Crippen LogP contribution in [0.15, 0.2) is 24.3 Å². The summed E-state index contributed by atoms with van der Waals surface area (Å²) in [4.78, 5) is 36.3. The molecule has 1 fully saturated rings. The Balaban J connectivity index is 0.00000450. The van der Waals surface area contributed by atoms with Crippen LogP contribution in [0.3, 0.4) is 0 Å². The van der Waals surface area contributed by atoms with Crippen molar-refractivity contribution in [2.45, 2.75) is 71.1 Å². The normalized spacial score (nSPS) is 21.4. The van der Waals surface area contributed by atoms with Gasteiger partial charge in [-0.05, 0) is 63.1 Å². The summed E-state index contributed by atoms with van der Waals surface area (Å²) in [6.45, 7) is 2.81. The van der Waals surface area contributed by atoms with E-state index in [-0.39, 0.29) is 19.3 Å². The molecule has 1 aromatic rings. The minimum Gasteiger partial charge on any atom is -0.391 e. The molecule has 5 N–H and O–H groups in total. The van der Waals surface area contributed by atoms with Gasteiger partial charge in [0, 0.05) is 10.9 Å². The molecular formula is C21H32ClN3O5. The first-order valence-electron chi connectivity index (χ1n) is 9.71. The molecular weight excluding hydrogens is 410 g/mol. The molecule has 1 saturated carbocycles. The lowest BCUT2D eigenvalue weighted by atomic mass is 9.78. The summed E-state index contributed by atoms with van der Waals surface area (Å²) in [6.07, 6.45) is 1.98. The highest BCUT2D eigenvalue weighted by Crippen LogP contribution is 2.36. The van der Waals surface area contributed by atoms with E-state index in [1.54, 1.807) is 0 Å². The Morgan fingerprint density at radius 3 is 2.07 bits per heavy atom. The lowest BCUT2D eigenvalue weighted by Crippen LogP contribution is -2.56. The van der Waals surface area contributed by atoms with Crippen LogP contribution in [0.25, 0.3) is 0 Å². The molecule has 3 atom stereocenters. The molecule has 30 heavy (non-hydrogen) atoms. The van der Waals surface area contributed by atoms with Crippen molar-refractivity contribution < 1.29 is 24.7 Å². The molecule has 0 saturated heterocycles. The van der Waals surface area contributed by atoms with Crippen LogP contribution in [0.1, 0.15) is 58.4 Å². The zero-order valence-electron chi connectivity index (χ0n) is 16.5. The Morgan fingerprint density at radius 1 is 1.00 bits per heavy atom. The van der Waals surface area contributed by atoms with Crippen LogP contribution in [-0.2, 0) is 14.4 Å². The van der Waals surface area contributed by atoms with Gasteiger partial charge in [-0.3, -0.25) is 19.6 Å². The smallest absolute Gasteiger partial charge is 0.268 e. The van der Waals surface area contributed by atoms with E-state index in [1.165, 1.54) is 24.9 Å². The maximum Gasteiger partial charge on any atom is 0.268 e. The highest BCUT2D eigenvalue weighted by atomic mass is 35.5. The standard InChI is InChI=1S/C20H28ClN3O5.CH4/c1-11(18(26)23-17(12(2)25)20(28)24-29)22-19(27)15-5-3-13(4-6-15)14-7-9-16(21)10-8-14;/h7-13,15,17,25,29H,3-6H2,1-2H3,(H,22,27)(H,23,26)(H,24,28);1H4/t11-,12+,13?,15?,17-;/m0./s1. The SMILES string of the molecule is C.C[C@H](NC(=O)C1CCC(c2ccc(Cl)cc2)CC1)C(=O)N[C@H](C(=O)NO)[C@@H](C)O. The number of carbonyl (C=O) groups is 3. The van der Waals surface area contributed by atoms with Gasteiger partial charge in [0.1, 0.15) is 12.1 Å². The second-order valence-corrected chi connectivity index (χ2v) is 7.97. The molecule has 168 valence electrons. The third-order valence-electron chi connectivity index (χ3n) is 5.36. The number of aliphatic hydroxyl groups excluding tert-OH is 1. The zero-order valence-corrected chi connectivity index (χ0v) is 17.3. The second kappa shape index (κ2) is 11.9. The average Bonchev–Trinajstić information content (AvgIpc) is 2.71. The zero-order chi connectivity index (χ0) is 21.6. The Hall–Kier alpha value is -2.16. The van der Waals surface area contributed by atoms with Crippen molar-refractivity contribution in [2.24, 2.45) is 5.92 Å².